The first-order chi connectivity index (χ1) is 10.1. The summed E-state index contributed by atoms with van der Waals surface area (Å²) in [4.78, 5) is 12.1. The number of benzene rings is 2. The summed E-state index contributed by atoms with van der Waals surface area (Å²) in [6, 6.07) is 14.4. The van der Waals surface area contributed by atoms with E-state index in [1.165, 1.54) is 7.11 Å². The summed E-state index contributed by atoms with van der Waals surface area (Å²) in [5.41, 5.74) is 1.71. The molecular formula is C16H15ClO3S. The maximum absolute atomic E-state index is 12.4. The Balaban J connectivity index is 2.19. The smallest absolute Gasteiger partial charge is 0.309 e. The molecule has 0 bridgehead atoms. The Morgan fingerprint density at radius 2 is 1.86 bits per heavy atom. The molecule has 0 aromatic heterocycles. The van der Waals surface area contributed by atoms with E-state index in [0.29, 0.717) is 15.7 Å². The lowest BCUT2D eigenvalue weighted by Crippen LogP contribution is -2.08. The monoisotopic (exact) mass is 322 g/mol. The largest absolute Gasteiger partial charge is 0.469 e. The summed E-state index contributed by atoms with van der Waals surface area (Å²) in [6.45, 7) is 0. The van der Waals surface area contributed by atoms with Crippen molar-refractivity contribution >= 4 is 28.4 Å². The predicted molar refractivity (Wildman–Crippen MR) is 83.7 cm³/mol. The van der Waals surface area contributed by atoms with Crippen LogP contribution in [0.5, 0.6) is 0 Å². The molecule has 0 radical (unpaired) electrons. The van der Waals surface area contributed by atoms with E-state index in [4.69, 9.17) is 11.6 Å². The first kappa shape index (κ1) is 15.7. The Kier molecular flexibility index (Phi) is 5.53. The molecule has 5 heteroatoms. The van der Waals surface area contributed by atoms with Gasteiger partial charge in [-0.1, -0.05) is 41.9 Å². The van der Waals surface area contributed by atoms with Gasteiger partial charge < -0.3 is 4.74 Å². The van der Waals surface area contributed by atoms with E-state index in [9.17, 15) is 9.00 Å². The molecule has 0 amide bonds. The average Bonchev–Trinajstić information content (AvgIpc) is 2.49. The second-order valence-corrected chi connectivity index (χ2v) is 6.36. The molecule has 0 spiro atoms. The lowest BCUT2D eigenvalue weighted by atomic mass is 10.1. The SMILES string of the molecule is COC(=O)Cc1ccccc1CS(=O)c1cccc(Cl)c1. The normalized spacial score (nSPS) is 11.9. The van der Waals surface area contributed by atoms with Gasteiger partial charge in [0.25, 0.3) is 0 Å². The summed E-state index contributed by atoms with van der Waals surface area (Å²) in [6.07, 6.45) is 0.180. The molecular weight excluding hydrogens is 308 g/mol. The highest BCUT2D eigenvalue weighted by atomic mass is 35.5. The van der Waals surface area contributed by atoms with Gasteiger partial charge in [0.1, 0.15) is 0 Å². The summed E-state index contributed by atoms with van der Waals surface area (Å²) < 4.78 is 17.1. The number of carbonyl (C=O) groups excluding carboxylic acids is 1. The van der Waals surface area contributed by atoms with E-state index in [0.717, 1.165) is 11.1 Å². The molecule has 2 aromatic rings. The molecule has 0 aliphatic rings. The van der Waals surface area contributed by atoms with E-state index in [1.54, 1.807) is 24.3 Å². The van der Waals surface area contributed by atoms with Gasteiger partial charge in [0.2, 0.25) is 0 Å². The van der Waals surface area contributed by atoms with Crippen molar-refractivity contribution in [2.24, 2.45) is 0 Å². The summed E-state index contributed by atoms with van der Waals surface area (Å²) in [7, 11) is 0.148. The lowest BCUT2D eigenvalue weighted by Gasteiger charge is -2.09. The van der Waals surface area contributed by atoms with Crippen LogP contribution < -0.4 is 0 Å². The van der Waals surface area contributed by atoms with Gasteiger partial charge in [-0.05, 0) is 29.3 Å². The number of rotatable bonds is 5. The Bertz CT molecular complexity index is 670. The molecule has 0 aliphatic carbocycles. The van der Waals surface area contributed by atoms with Crippen molar-refractivity contribution in [3.05, 3.63) is 64.7 Å². The molecule has 3 nitrogen and oxygen atoms in total. The minimum Gasteiger partial charge on any atom is -0.469 e. The highest BCUT2D eigenvalue weighted by Gasteiger charge is 2.11. The molecule has 110 valence electrons. The predicted octanol–water partition coefficient (Wildman–Crippen LogP) is 3.36. The minimum atomic E-state index is -1.21. The fourth-order valence-electron chi connectivity index (χ4n) is 1.93. The molecule has 0 saturated heterocycles. The molecule has 0 saturated carbocycles. The number of halogens is 1. The van der Waals surface area contributed by atoms with Crippen LogP contribution in [-0.2, 0) is 32.5 Å². The van der Waals surface area contributed by atoms with E-state index < -0.39 is 10.8 Å². The second-order valence-electron chi connectivity index (χ2n) is 4.47. The van der Waals surface area contributed by atoms with Gasteiger partial charge in [0.05, 0.1) is 30.1 Å². The summed E-state index contributed by atoms with van der Waals surface area (Å²) in [5, 5.41) is 0.559. The highest BCUT2D eigenvalue weighted by molar-refractivity contribution is 7.84. The number of hydrogen-bond donors (Lipinski definition) is 0. The van der Waals surface area contributed by atoms with Crippen molar-refractivity contribution in [1.82, 2.24) is 0 Å². The fourth-order valence-corrected chi connectivity index (χ4v) is 3.41. The zero-order chi connectivity index (χ0) is 15.2. The topological polar surface area (TPSA) is 43.4 Å². The number of esters is 1. The van der Waals surface area contributed by atoms with Gasteiger partial charge in [-0.3, -0.25) is 9.00 Å². The van der Waals surface area contributed by atoms with Crippen LogP contribution in [0, 0.1) is 0 Å². The first-order valence-electron chi connectivity index (χ1n) is 6.37. The standard InChI is InChI=1S/C16H15ClO3S/c1-20-16(18)9-12-5-2-3-6-13(12)11-21(19)15-8-4-7-14(17)10-15/h2-8,10H,9,11H2,1H3. The molecule has 0 N–H and O–H groups in total. The van der Waals surface area contributed by atoms with Crippen LogP contribution in [0.2, 0.25) is 5.02 Å². The third kappa shape index (κ3) is 4.41. The molecule has 0 fully saturated rings. The molecule has 1 atom stereocenters. The number of ether oxygens (including phenoxy) is 1. The minimum absolute atomic E-state index is 0.180. The summed E-state index contributed by atoms with van der Waals surface area (Å²) >= 11 is 5.92. The Labute approximate surface area is 131 Å². The van der Waals surface area contributed by atoms with Crippen LogP contribution in [0.15, 0.2) is 53.4 Å². The zero-order valence-corrected chi connectivity index (χ0v) is 13.1. The van der Waals surface area contributed by atoms with Crippen LogP contribution in [0.1, 0.15) is 11.1 Å². The van der Waals surface area contributed by atoms with E-state index in [1.807, 2.05) is 24.3 Å². The van der Waals surface area contributed by atoms with Crippen molar-refractivity contribution in [3.63, 3.8) is 0 Å². The van der Waals surface area contributed by atoms with Crippen LogP contribution >= 0.6 is 11.6 Å². The Hall–Kier alpha value is -1.65. The third-order valence-electron chi connectivity index (χ3n) is 3.03. The average molecular weight is 323 g/mol. The van der Waals surface area contributed by atoms with Gasteiger partial charge >= 0.3 is 5.97 Å². The third-order valence-corrected chi connectivity index (χ3v) is 4.61. The fraction of sp³-hybridized carbons (Fsp3) is 0.188. The van der Waals surface area contributed by atoms with Crippen molar-refractivity contribution in [3.8, 4) is 0 Å². The molecule has 2 aromatic carbocycles. The molecule has 2 rings (SSSR count). The van der Waals surface area contributed by atoms with Crippen molar-refractivity contribution in [1.29, 1.82) is 0 Å². The summed E-state index contributed by atoms with van der Waals surface area (Å²) in [5.74, 6) is 0.0315. The highest BCUT2D eigenvalue weighted by Crippen LogP contribution is 2.19. The van der Waals surface area contributed by atoms with E-state index in [-0.39, 0.29) is 12.4 Å². The van der Waals surface area contributed by atoms with Crippen molar-refractivity contribution in [2.75, 3.05) is 7.11 Å². The quantitative estimate of drug-likeness (QED) is 0.793. The van der Waals surface area contributed by atoms with Crippen molar-refractivity contribution < 1.29 is 13.7 Å². The maximum Gasteiger partial charge on any atom is 0.309 e. The number of hydrogen-bond acceptors (Lipinski definition) is 3. The van der Waals surface area contributed by atoms with Crippen LogP contribution in [0.25, 0.3) is 0 Å². The lowest BCUT2D eigenvalue weighted by molar-refractivity contribution is -0.139. The Morgan fingerprint density at radius 1 is 1.14 bits per heavy atom. The molecule has 21 heavy (non-hydrogen) atoms. The molecule has 1 unspecified atom stereocenters. The van der Waals surface area contributed by atoms with E-state index >= 15 is 0 Å². The van der Waals surface area contributed by atoms with Crippen LogP contribution in [0.4, 0.5) is 0 Å². The van der Waals surface area contributed by atoms with Crippen LogP contribution in [0.3, 0.4) is 0 Å². The van der Waals surface area contributed by atoms with Crippen molar-refractivity contribution in [2.45, 2.75) is 17.1 Å². The number of carbonyl (C=O) groups is 1. The van der Waals surface area contributed by atoms with Gasteiger partial charge in [-0.25, -0.2) is 0 Å². The van der Waals surface area contributed by atoms with Crippen LogP contribution in [-0.4, -0.2) is 17.3 Å². The van der Waals surface area contributed by atoms with Gasteiger partial charge in [-0.2, -0.15) is 0 Å². The van der Waals surface area contributed by atoms with Gasteiger partial charge in [-0.15, -0.1) is 0 Å². The molecule has 0 heterocycles. The first-order valence-corrected chi connectivity index (χ1v) is 8.07. The Morgan fingerprint density at radius 3 is 2.52 bits per heavy atom. The molecule has 0 aliphatic heterocycles. The number of methoxy groups -OCH3 is 1. The maximum atomic E-state index is 12.4. The second kappa shape index (κ2) is 7.38. The van der Waals surface area contributed by atoms with E-state index in [2.05, 4.69) is 4.74 Å². The van der Waals surface area contributed by atoms with Gasteiger partial charge in [0.15, 0.2) is 0 Å². The zero-order valence-electron chi connectivity index (χ0n) is 11.5. The van der Waals surface area contributed by atoms with Gasteiger partial charge in [0, 0.05) is 9.92 Å².